The van der Waals surface area contributed by atoms with E-state index in [9.17, 15) is 14.9 Å². The van der Waals surface area contributed by atoms with Gasteiger partial charge in [-0.15, -0.1) is 0 Å². The zero-order valence-electron chi connectivity index (χ0n) is 10.0. The minimum Gasteiger partial charge on any atom is -0.374 e. The van der Waals surface area contributed by atoms with Crippen LogP contribution < -0.4 is 10.6 Å². The Kier molecular flexibility index (Phi) is 3.71. The number of anilines is 2. The predicted octanol–water partition coefficient (Wildman–Crippen LogP) is 2.64. The summed E-state index contributed by atoms with van der Waals surface area (Å²) >= 11 is 5.63. The molecular formula is C12H12ClN3O3. The molecule has 0 atom stereocenters. The van der Waals surface area contributed by atoms with Gasteiger partial charge in [0.15, 0.2) is 0 Å². The van der Waals surface area contributed by atoms with Crippen molar-refractivity contribution in [3.8, 4) is 0 Å². The minimum atomic E-state index is -0.462. The molecule has 0 unspecified atom stereocenters. The lowest BCUT2D eigenvalue weighted by atomic mass is 10.0. The molecule has 0 radical (unpaired) electrons. The van der Waals surface area contributed by atoms with Crippen LogP contribution >= 0.6 is 11.6 Å². The molecule has 1 amide bonds. The van der Waals surface area contributed by atoms with Gasteiger partial charge in [0, 0.05) is 23.2 Å². The number of nitro benzene ring substituents is 1. The summed E-state index contributed by atoms with van der Waals surface area (Å²) in [4.78, 5) is 21.9. The van der Waals surface area contributed by atoms with Crippen LogP contribution in [0.3, 0.4) is 0 Å². The first-order valence-electron chi connectivity index (χ1n) is 5.65. The Labute approximate surface area is 114 Å². The first-order chi connectivity index (χ1) is 8.97. The Morgan fingerprint density at radius 1 is 1.53 bits per heavy atom. The second-order valence-electron chi connectivity index (χ2n) is 4.20. The van der Waals surface area contributed by atoms with Crippen molar-refractivity contribution in [3.05, 3.63) is 39.4 Å². The Morgan fingerprint density at radius 3 is 2.89 bits per heavy atom. The summed E-state index contributed by atoms with van der Waals surface area (Å²) in [6.45, 7) is 3.72. The van der Waals surface area contributed by atoms with Crippen molar-refractivity contribution in [2.24, 2.45) is 0 Å². The van der Waals surface area contributed by atoms with E-state index in [4.69, 9.17) is 11.6 Å². The highest BCUT2D eigenvalue weighted by atomic mass is 35.5. The molecule has 7 heteroatoms. The molecule has 1 heterocycles. The maximum absolute atomic E-state index is 11.3. The van der Waals surface area contributed by atoms with E-state index in [0.29, 0.717) is 29.2 Å². The Morgan fingerprint density at radius 2 is 2.26 bits per heavy atom. The van der Waals surface area contributed by atoms with Crippen molar-refractivity contribution in [1.29, 1.82) is 0 Å². The average Bonchev–Trinajstić information content (AvgIpc) is 2.34. The number of halogens is 1. The fourth-order valence-corrected chi connectivity index (χ4v) is 1.97. The molecule has 1 aliphatic heterocycles. The van der Waals surface area contributed by atoms with Gasteiger partial charge in [0.25, 0.3) is 5.69 Å². The van der Waals surface area contributed by atoms with Crippen molar-refractivity contribution in [3.63, 3.8) is 0 Å². The highest BCUT2D eigenvalue weighted by Gasteiger charge is 2.22. The monoisotopic (exact) mass is 281 g/mol. The third kappa shape index (κ3) is 3.03. The van der Waals surface area contributed by atoms with Gasteiger partial charge in [-0.1, -0.05) is 18.2 Å². The number of rotatable bonds is 4. The molecule has 2 rings (SSSR count). The number of carbonyl (C=O) groups is 1. The number of amides is 1. The molecule has 0 saturated heterocycles. The first-order valence-corrected chi connectivity index (χ1v) is 6.03. The predicted molar refractivity (Wildman–Crippen MR) is 73.5 cm³/mol. The average molecular weight is 282 g/mol. The van der Waals surface area contributed by atoms with Gasteiger partial charge in [0.2, 0.25) is 5.91 Å². The lowest BCUT2D eigenvalue weighted by Crippen LogP contribution is -2.19. The highest BCUT2D eigenvalue weighted by Crippen LogP contribution is 2.34. The van der Waals surface area contributed by atoms with Crippen LogP contribution in [0.4, 0.5) is 17.1 Å². The molecular weight excluding hydrogens is 270 g/mol. The first kappa shape index (κ1) is 13.4. The van der Waals surface area contributed by atoms with Gasteiger partial charge in [-0.2, -0.15) is 0 Å². The van der Waals surface area contributed by atoms with Crippen LogP contribution in [0, 0.1) is 10.1 Å². The van der Waals surface area contributed by atoms with Crippen LogP contribution in [0.1, 0.15) is 12.0 Å². The third-order valence-electron chi connectivity index (χ3n) is 2.78. The zero-order chi connectivity index (χ0) is 14.0. The van der Waals surface area contributed by atoms with E-state index in [1.54, 1.807) is 6.07 Å². The molecule has 6 nitrogen and oxygen atoms in total. The summed E-state index contributed by atoms with van der Waals surface area (Å²) in [7, 11) is 0. The number of nitro groups is 1. The van der Waals surface area contributed by atoms with E-state index >= 15 is 0 Å². The molecule has 0 spiro atoms. The SMILES string of the molecule is C=C(Cl)CNc1cc2c(cc1[N+](=O)[O-])CCC(=O)N2. The summed E-state index contributed by atoms with van der Waals surface area (Å²) in [6, 6.07) is 3.04. The van der Waals surface area contributed by atoms with Crippen molar-refractivity contribution in [2.45, 2.75) is 12.8 Å². The highest BCUT2D eigenvalue weighted by molar-refractivity contribution is 6.29. The molecule has 0 bridgehead atoms. The second kappa shape index (κ2) is 5.27. The van der Waals surface area contributed by atoms with Crippen LogP contribution in [-0.4, -0.2) is 17.4 Å². The summed E-state index contributed by atoms with van der Waals surface area (Å²) in [5, 5.41) is 16.9. The van der Waals surface area contributed by atoms with Gasteiger partial charge in [0.1, 0.15) is 5.69 Å². The fourth-order valence-electron chi connectivity index (χ4n) is 1.90. The number of carbonyl (C=O) groups excluding carboxylic acids is 1. The molecule has 0 fully saturated rings. The Bertz CT molecular complexity index is 572. The Balaban J connectivity index is 2.39. The maximum Gasteiger partial charge on any atom is 0.292 e. The third-order valence-corrected chi connectivity index (χ3v) is 2.92. The molecule has 19 heavy (non-hydrogen) atoms. The van der Waals surface area contributed by atoms with E-state index in [1.807, 2.05) is 0 Å². The van der Waals surface area contributed by atoms with Crippen LogP contribution in [-0.2, 0) is 11.2 Å². The van der Waals surface area contributed by atoms with Crippen LogP contribution in [0.25, 0.3) is 0 Å². The lowest BCUT2D eigenvalue weighted by molar-refractivity contribution is -0.384. The minimum absolute atomic E-state index is 0.0344. The standard InChI is InChI=1S/C12H12ClN3O3/c1-7(13)6-14-10-5-9-8(2-3-12(17)15-9)4-11(10)16(18)19/h4-5,14H,1-3,6H2,(H,15,17). The summed E-state index contributed by atoms with van der Waals surface area (Å²) < 4.78 is 0. The molecule has 1 aromatic rings. The number of benzene rings is 1. The van der Waals surface area contributed by atoms with Gasteiger partial charge in [-0.05, 0) is 18.1 Å². The van der Waals surface area contributed by atoms with Gasteiger partial charge in [-0.3, -0.25) is 14.9 Å². The van der Waals surface area contributed by atoms with E-state index in [0.717, 1.165) is 5.56 Å². The normalized spacial score (nSPS) is 13.4. The van der Waals surface area contributed by atoms with Gasteiger partial charge >= 0.3 is 0 Å². The molecule has 1 aromatic carbocycles. The molecule has 2 N–H and O–H groups in total. The lowest BCUT2D eigenvalue weighted by Gasteiger charge is -2.18. The number of fused-ring (bicyclic) bond motifs is 1. The summed E-state index contributed by atoms with van der Waals surface area (Å²) in [6.07, 6.45) is 0.847. The topological polar surface area (TPSA) is 84.3 Å². The molecule has 100 valence electrons. The van der Waals surface area contributed by atoms with Crippen molar-refractivity contribution in [2.75, 3.05) is 17.2 Å². The summed E-state index contributed by atoms with van der Waals surface area (Å²) in [5.41, 5.74) is 1.65. The number of aryl methyl sites for hydroxylation is 1. The zero-order valence-corrected chi connectivity index (χ0v) is 10.8. The van der Waals surface area contributed by atoms with Gasteiger partial charge < -0.3 is 10.6 Å². The van der Waals surface area contributed by atoms with Gasteiger partial charge in [0.05, 0.1) is 11.5 Å². The molecule has 0 saturated carbocycles. The maximum atomic E-state index is 11.3. The summed E-state index contributed by atoms with van der Waals surface area (Å²) in [5.74, 6) is -0.0888. The van der Waals surface area contributed by atoms with Crippen molar-refractivity contribution >= 4 is 34.6 Å². The fraction of sp³-hybridized carbons (Fsp3) is 0.250. The van der Waals surface area contributed by atoms with E-state index in [2.05, 4.69) is 17.2 Å². The van der Waals surface area contributed by atoms with E-state index in [1.165, 1.54) is 6.07 Å². The smallest absolute Gasteiger partial charge is 0.292 e. The van der Waals surface area contributed by atoms with Crippen LogP contribution in [0.15, 0.2) is 23.7 Å². The number of nitrogens with zero attached hydrogens (tertiary/aromatic N) is 1. The second-order valence-corrected chi connectivity index (χ2v) is 4.74. The van der Waals surface area contributed by atoms with Crippen LogP contribution in [0.5, 0.6) is 0 Å². The quantitative estimate of drug-likeness (QED) is 0.656. The number of nitrogens with one attached hydrogen (secondary N) is 2. The molecule has 0 aliphatic carbocycles. The molecule has 1 aliphatic rings. The van der Waals surface area contributed by atoms with E-state index in [-0.39, 0.29) is 18.1 Å². The Hall–Kier alpha value is -2.08. The van der Waals surface area contributed by atoms with Gasteiger partial charge in [-0.25, -0.2) is 0 Å². The van der Waals surface area contributed by atoms with Crippen molar-refractivity contribution < 1.29 is 9.72 Å². The largest absolute Gasteiger partial charge is 0.374 e. The van der Waals surface area contributed by atoms with Crippen molar-refractivity contribution in [1.82, 2.24) is 0 Å². The van der Waals surface area contributed by atoms with E-state index < -0.39 is 4.92 Å². The number of hydrogen-bond acceptors (Lipinski definition) is 4. The molecule has 0 aromatic heterocycles. The number of hydrogen-bond donors (Lipinski definition) is 2. The van der Waals surface area contributed by atoms with Crippen LogP contribution in [0.2, 0.25) is 0 Å².